The number of nitrogen functional groups attached to an aromatic ring is 1. The number of ether oxygens (including phenoxy) is 1. The van der Waals surface area contributed by atoms with Crippen LogP contribution in [0.15, 0.2) is 42.5 Å². The molecular weight excluding hydrogens is 268 g/mol. The summed E-state index contributed by atoms with van der Waals surface area (Å²) in [5.41, 5.74) is 7.00. The lowest BCUT2D eigenvalue weighted by molar-refractivity contribution is -0.384. The van der Waals surface area contributed by atoms with E-state index >= 15 is 0 Å². The highest BCUT2D eigenvalue weighted by Crippen LogP contribution is 2.31. The number of rotatable bonds is 3. The summed E-state index contributed by atoms with van der Waals surface area (Å²) in [4.78, 5) is 10.3. The lowest BCUT2D eigenvalue weighted by atomic mass is 9.87. The van der Waals surface area contributed by atoms with Crippen LogP contribution in [0.25, 0.3) is 0 Å². The van der Waals surface area contributed by atoms with Gasteiger partial charge in [0.15, 0.2) is 0 Å². The van der Waals surface area contributed by atoms with Crippen molar-refractivity contribution in [1.29, 1.82) is 0 Å². The smallest absolute Gasteiger partial charge is 0.275 e. The Morgan fingerprint density at radius 1 is 1.10 bits per heavy atom. The molecule has 2 rings (SSSR count). The number of nitro groups is 1. The van der Waals surface area contributed by atoms with Gasteiger partial charge in [-0.2, -0.15) is 0 Å². The molecule has 2 aromatic carbocycles. The number of hydrogen-bond donors (Lipinski definition) is 1. The fourth-order valence-corrected chi connectivity index (χ4v) is 1.93. The largest absolute Gasteiger partial charge is 0.457 e. The Morgan fingerprint density at radius 2 is 1.81 bits per heavy atom. The van der Waals surface area contributed by atoms with Gasteiger partial charge in [0.1, 0.15) is 11.5 Å². The highest BCUT2D eigenvalue weighted by Gasteiger charge is 2.15. The Labute approximate surface area is 123 Å². The summed E-state index contributed by atoms with van der Waals surface area (Å²) in [5.74, 6) is 0.982. The van der Waals surface area contributed by atoms with Crippen molar-refractivity contribution in [2.45, 2.75) is 26.2 Å². The molecule has 0 unspecified atom stereocenters. The molecule has 0 amide bonds. The van der Waals surface area contributed by atoms with E-state index in [4.69, 9.17) is 10.5 Å². The summed E-state index contributed by atoms with van der Waals surface area (Å²) >= 11 is 0. The summed E-state index contributed by atoms with van der Waals surface area (Å²) in [7, 11) is 0. The first-order valence-electron chi connectivity index (χ1n) is 6.59. The van der Waals surface area contributed by atoms with Gasteiger partial charge in [0, 0.05) is 17.8 Å². The molecular formula is C16H18N2O3. The van der Waals surface area contributed by atoms with Crippen molar-refractivity contribution in [3.05, 3.63) is 58.1 Å². The molecule has 0 aromatic heterocycles. The Morgan fingerprint density at radius 3 is 2.43 bits per heavy atom. The van der Waals surface area contributed by atoms with E-state index in [1.807, 2.05) is 24.3 Å². The van der Waals surface area contributed by atoms with Crippen LogP contribution in [0.1, 0.15) is 26.3 Å². The van der Waals surface area contributed by atoms with Crippen molar-refractivity contribution in [2.75, 3.05) is 5.73 Å². The van der Waals surface area contributed by atoms with Crippen molar-refractivity contribution in [1.82, 2.24) is 0 Å². The van der Waals surface area contributed by atoms with Gasteiger partial charge < -0.3 is 10.5 Å². The molecule has 0 saturated heterocycles. The fraction of sp³-hybridized carbons (Fsp3) is 0.250. The van der Waals surface area contributed by atoms with Crippen molar-refractivity contribution in [3.63, 3.8) is 0 Å². The van der Waals surface area contributed by atoms with Crippen molar-refractivity contribution in [3.8, 4) is 11.5 Å². The zero-order valence-electron chi connectivity index (χ0n) is 12.3. The van der Waals surface area contributed by atoms with E-state index in [2.05, 4.69) is 20.8 Å². The molecule has 5 heteroatoms. The number of anilines is 1. The molecule has 0 heterocycles. The predicted molar refractivity (Wildman–Crippen MR) is 82.7 cm³/mol. The number of benzene rings is 2. The van der Waals surface area contributed by atoms with Crippen molar-refractivity contribution in [2.24, 2.45) is 0 Å². The standard InChI is InChI=1S/C16H18N2O3/c1-16(2,3)11-5-4-6-14(7-11)21-15-9-12(17)8-13(10-15)18(19)20/h4-10H,17H2,1-3H3. The second-order valence-corrected chi connectivity index (χ2v) is 5.90. The maximum Gasteiger partial charge on any atom is 0.275 e. The molecule has 0 fully saturated rings. The van der Waals surface area contributed by atoms with E-state index in [1.165, 1.54) is 12.1 Å². The normalized spacial score (nSPS) is 11.2. The van der Waals surface area contributed by atoms with Crippen LogP contribution in [0.5, 0.6) is 11.5 Å². The maximum absolute atomic E-state index is 10.8. The van der Waals surface area contributed by atoms with Crippen molar-refractivity contribution >= 4 is 11.4 Å². The average Bonchev–Trinajstić information content (AvgIpc) is 2.37. The first-order chi connectivity index (χ1) is 9.75. The average molecular weight is 286 g/mol. The van der Waals surface area contributed by atoms with Crippen molar-refractivity contribution < 1.29 is 9.66 Å². The summed E-state index contributed by atoms with van der Waals surface area (Å²) in [6, 6.07) is 11.9. The molecule has 110 valence electrons. The molecule has 0 bridgehead atoms. The van der Waals surface area contributed by atoms with E-state index in [9.17, 15) is 10.1 Å². The van der Waals surface area contributed by atoms with Crippen LogP contribution in [0.2, 0.25) is 0 Å². The Balaban J connectivity index is 2.32. The third kappa shape index (κ3) is 3.72. The van der Waals surface area contributed by atoms with E-state index in [1.54, 1.807) is 6.07 Å². The Kier molecular flexibility index (Phi) is 3.84. The van der Waals surface area contributed by atoms with Crippen LogP contribution in [-0.2, 0) is 5.41 Å². The number of non-ortho nitro benzene ring substituents is 1. The van der Waals surface area contributed by atoms with Gasteiger partial charge in [0.25, 0.3) is 5.69 Å². The zero-order valence-corrected chi connectivity index (χ0v) is 12.3. The first kappa shape index (κ1) is 14.8. The SMILES string of the molecule is CC(C)(C)c1cccc(Oc2cc(N)cc([N+](=O)[O-])c2)c1. The molecule has 5 nitrogen and oxygen atoms in total. The zero-order chi connectivity index (χ0) is 15.6. The summed E-state index contributed by atoms with van der Waals surface area (Å²) < 4.78 is 5.70. The highest BCUT2D eigenvalue weighted by molar-refractivity contribution is 5.54. The van der Waals surface area contributed by atoms with Crippen LogP contribution < -0.4 is 10.5 Å². The maximum atomic E-state index is 10.8. The molecule has 0 radical (unpaired) electrons. The minimum atomic E-state index is -0.491. The highest BCUT2D eigenvalue weighted by atomic mass is 16.6. The molecule has 0 aliphatic carbocycles. The molecule has 21 heavy (non-hydrogen) atoms. The molecule has 0 aliphatic rings. The summed E-state index contributed by atoms with van der Waals surface area (Å²) in [6.07, 6.45) is 0. The van der Waals surface area contributed by atoms with Gasteiger partial charge in [-0.25, -0.2) is 0 Å². The number of hydrogen-bond acceptors (Lipinski definition) is 4. The predicted octanol–water partition coefficient (Wildman–Crippen LogP) is 4.27. The topological polar surface area (TPSA) is 78.4 Å². The van der Waals surface area contributed by atoms with E-state index in [0.717, 1.165) is 5.56 Å². The van der Waals surface area contributed by atoms with Gasteiger partial charge in [-0.1, -0.05) is 32.9 Å². The van der Waals surface area contributed by atoms with Crippen LogP contribution in [0.4, 0.5) is 11.4 Å². The fourth-order valence-electron chi connectivity index (χ4n) is 1.93. The Hall–Kier alpha value is -2.56. The lowest BCUT2D eigenvalue weighted by Crippen LogP contribution is -2.10. The van der Waals surface area contributed by atoms with Gasteiger partial charge >= 0.3 is 0 Å². The molecule has 0 spiro atoms. The molecule has 2 aromatic rings. The van der Waals surface area contributed by atoms with Gasteiger partial charge in [-0.05, 0) is 23.1 Å². The first-order valence-corrected chi connectivity index (χ1v) is 6.59. The summed E-state index contributed by atoms with van der Waals surface area (Å²) in [6.45, 7) is 6.33. The minimum absolute atomic E-state index is 0.00107. The summed E-state index contributed by atoms with van der Waals surface area (Å²) in [5, 5.41) is 10.8. The van der Waals surface area contributed by atoms with Gasteiger partial charge in [0.2, 0.25) is 0 Å². The van der Waals surface area contributed by atoms with E-state index in [0.29, 0.717) is 17.2 Å². The van der Waals surface area contributed by atoms with Gasteiger partial charge in [-0.3, -0.25) is 10.1 Å². The second kappa shape index (κ2) is 5.44. The van der Waals surface area contributed by atoms with Crippen LogP contribution in [-0.4, -0.2) is 4.92 Å². The lowest BCUT2D eigenvalue weighted by Gasteiger charge is -2.19. The third-order valence-corrected chi connectivity index (χ3v) is 3.06. The molecule has 0 saturated carbocycles. The van der Waals surface area contributed by atoms with Crippen LogP contribution in [0.3, 0.4) is 0 Å². The van der Waals surface area contributed by atoms with Gasteiger partial charge in [0.05, 0.1) is 11.0 Å². The second-order valence-electron chi connectivity index (χ2n) is 5.90. The minimum Gasteiger partial charge on any atom is -0.457 e. The quantitative estimate of drug-likeness (QED) is 0.519. The Bertz CT molecular complexity index is 675. The third-order valence-electron chi connectivity index (χ3n) is 3.06. The molecule has 2 N–H and O–H groups in total. The number of nitro benzene ring substituents is 1. The molecule has 0 atom stereocenters. The molecule has 0 aliphatic heterocycles. The van der Waals surface area contributed by atoms with Crippen LogP contribution >= 0.6 is 0 Å². The number of nitrogens with two attached hydrogens (primary N) is 1. The monoisotopic (exact) mass is 286 g/mol. The van der Waals surface area contributed by atoms with E-state index in [-0.39, 0.29) is 11.1 Å². The van der Waals surface area contributed by atoms with Crippen LogP contribution in [0, 0.1) is 10.1 Å². The number of nitrogens with zero attached hydrogens (tertiary/aromatic N) is 1. The van der Waals surface area contributed by atoms with E-state index < -0.39 is 4.92 Å². The van der Waals surface area contributed by atoms with Gasteiger partial charge in [-0.15, -0.1) is 0 Å².